The summed E-state index contributed by atoms with van der Waals surface area (Å²) >= 11 is 5.83. The number of benzene rings is 1. The van der Waals surface area contributed by atoms with Gasteiger partial charge in [0.15, 0.2) is 0 Å². The zero-order valence-electron chi connectivity index (χ0n) is 12.9. The van der Waals surface area contributed by atoms with Crippen molar-refractivity contribution in [3.05, 3.63) is 65.0 Å². The van der Waals surface area contributed by atoms with Crippen molar-refractivity contribution >= 4 is 27.2 Å². The normalized spacial score (nSPS) is 16.0. The summed E-state index contributed by atoms with van der Waals surface area (Å²) in [5.41, 5.74) is 2.53. The molecule has 0 radical (unpaired) electrons. The van der Waals surface area contributed by atoms with Crippen LogP contribution in [0.5, 0.6) is 5.75 Å². The van der Waals surface area contributed by atoms with Gasteiger partial charge < -0.3 is 5.11 Å². The monoisotopic (exact) mass is 364 g/mol. The van der Waals surface area contributed by atoms with Gasteiger partial charge in [-0.05, 0) is 41.3 Å². The van der Waals surface area contributed by atoms with Crippen molar-refractivity contribution < 1.29 is 13.5 Å². The molecule has 0 bridgehead atoms. The lowest BCUT2D eigenvalue weighted by Gasteiger charge is -2.26. The van der Waals surface area contributed by atoms with E-state index in [1.54, 1.807) is 36.5 Å². The maximum absolute atomic E-state index is 12.5. The molecule has 2 heterocycles. The summed E-state index contributed by atoms with van der Waals surface area (Å²) in [6.45, 7) is 0.734. The zero-order chi connectivity index (χ0) is 17.2. The van der Waals surface area contributed by atoms with Crippen molar-refractivity contribution in [3.63, 3.8) is 0 Å². The molecule has 0 saturated heterocycles. The molecule has 7 heteroatoms. The Kier molecular flexibility index (Phi) is 4.89. The molecule has 1 aliphatic rings. The first-order valence-electron chi connectivity index (χ1n) is 7.50. The number of pyridine rings is 1. The van der Waals surface area contributed by atoms with Gasteiger partial charge in [-0.25, -0.2) is 8.42 Å². The summed E-state index contributed by atoms with van der Waals surface area (Å²) < 4.78 is 26.6. The van der Waals surface area contributed by atoms with Gasteiger partial charge in [0, 0.05) is 24.3 Å². The van der Waals surface area contributed by atoms with Crippen LogP contribution in [0.25, 0.3) is 5.57 Å². The number of aromatic hydroxyl groups is 1. The molecule has 2 aromatic rings. The quantitative estimate of drug-likeness (QED) is 0.905. The highest BCUT2D eigenvalue weighted by Gasteiger charge is 2.25. The van der Waals surface area contributed by atoms with Crippen molar-refractivity contribution in [2.45, 2.75) is 12.2 Å². The summed E-state index contributed by atoms with van der Waals surface area (Å²) in [4.78, 5) is 3.96. The fraction of sp³-hybridized carbons (Fsp3) is 0.235. The minimum atomic E-state index is -3.38. The van der Waals surface area contributed by atoms with Crippen LogP contribution in [0.2, 0.25) is 5.02 Å². The van der Waals surface area contributed by atoms with Crippen molar-refractivity contribution in [3.8, 4) is 5.75 Å². The summed E-state index contributed by atoms with van der Waals surface area (Å²) in [7, 11) is -3.38. The SMILES string of the molecule is O=S(=O)(Cc1ccc(Cl)cc1)N1CC=C(c2cncc(O)c2)CC1. The van der Waals surface area contributed by atoms with E-state index in [-0.39, 0.29) is 11.5 Å². The van der Waals surface area contributed by atoms with E-state index in [2.05, 4.69) is 4.98 Å². The molecule has 0 fully saturated rings. The van der Waals surface area contributed by atoms with Gasteiger partial charge in [0.05, 0.1) is 11.9 Å². The van der Waals surface area contributed by atoms with E-state index in [9.17, 15) is 13.5 Å². The van der Waals surface area contributed by atoms with Gasteiger partial charge in [-0.3, -0.25) is 4.98 Å². The molecular formula is C17H17ClN2O3S. The van der Waals surface area contributed by atoms with E-state index in [0.717, 1.165) is 11.1 Å². The van der Waals surface area contributed by atoms with E-state index < -0.39 is 10.0 Å². The van der Waals surface area contributed by atoms with Gasteiger partial charge in [0.2, 0.25) is 10.0 Å². The Morgan fingerprint density at radius 3 is 2.58 bits per heavy atom. The number of hydrogen-bond donors (Lipinski definition) is 1. The van der Waals surface area contributed by atoms with Crippen LogP contribution in [0, 0.1) is 0 Å². The molecule has 1 aromatic carbocycles. The van der Waals surface area contributed by atoms with Gasteiger partial charge in [-0.2, -0.15) is 4.31 Å². The van der Waals surface area contributed by atoms with Crippen LogP contribution >= 0.6 is 11.6 Å². The number of sulfonamides is 1. The smallest absolute Gasteiger partial charge is 0.218 e. The first kappa shape index (κ1) is 17.0. The van der Waals surface area contributed by atoms with Crippen LogP contribution in [-0.4, -0.2) is 35.9 Å². The third kappa shape index (κ3) is 3.95. The largest absolute Gasteiger partial charge is 0.506 e. The fourth-order valence-electron chi connectivity index (χ4n) is 2.65. The molecule has 1 aromatic heterocycles. The molecular weight excluding hydrogens is 348 g/mol. The highest BCUT2D eigenvalue weighted by Crippen LogP contribution is 2.26. The van der Waals surface area contributed by atoms with Gasteiger partial charge in [-0.15, -0.1) is 0 Å². The van der Waals surface area contributed by atoms with E-state index >= 15 is 0 Å². The number of aromatic nitrogens is 1. The van der Waals surface area contributed by atoms with Crippen LogP contribution in [0.15, 0.2) is 48.8 Å². The Labute approximate surface area is 146 Å². The predicted molar refractivity (Wildman–Crippen MR) is 94.1 cm³/mol. The van der Waals surface area contributed by atoms with Crippen LogP contribution < -0.4 is 0 Å². The van der Waals surface area contributed by atoms with Crippen LogP contribution in [-0.2, 0) is 15.8 Å². The summed E-state index contributed by atoms with van der Waals surface area (Å²) in [6, 6.07) is 8.47. The average Bonchev–Trinajstić information content (AvgIpc) is 2.57. The van der Waals surface area contributed by atoms with E-state index in [1.165, 1.54) is 10.5 Å². The Bertz CT molecular complexity index is 864. The molecule has 24 heavy (non-hydrogen) atoms. The van der Waals surface area contributed by atoms with Crippen LogP contribution in [0.3, 0.4) is 0 Å². The lowest BCUT2D eigenvalue weighted by molar-refractivity contribution is 0.440. The van der Waals surface area contributed by atoms with E-state index in [0.29, 0.717) is 30.1 Å². The zero-order valence-corrected chi connectivity index (χ0v) is 14.5. The standard InChI is InChI=1S/C17H17ClN2O3S/c18-16-3-1-13(2-4-16)12-24(22,23)20-7-5-14(6-8-20)15-9-17(21)11-19-10-15/h1-5,9-11,21H,6-8,12H2. The average molecular weight is 365 g/mol. The topological polar surface area (TPSA) is 70.5 Å². The maximum Gasteiger partial charge on any atom is 0.218 e. The Morgan fingerprint density at radius 1 is 1.21 bits per heavy atom. The van der Waals surface area contributed by atoms with Gasteiger partial charge in [0.1, 0.15) is 5.75 Å². The van der Waals surface area contributed by atoms with Crippen molar-refractivity contribution in [2.75, 3.05) is 13.1 Å². The molecule has 1 N–H and O–H groups in total. The lowest BCUT2D eigenvalue weighted by Crippen LogP contribution is -2.35. The Morgan fingerprint density at radius 2 is 1.96 bits per heavy atom. The lowest BCUT2D eigenvalue weighted by atomic mass is 10.0. The van der Waals surface area contributed by atoms with Crippen molar-refractivity contribution in [1.82, 2.24) is 9.29 Å². The maximum atomic E-state index is 12.5. The van der Waals surface area contributed by atoms with E-state index in [1.807, 2.05) is 6.08 Å². The second-order valence-corrected chi connectivity index (χ2v) is 8.06. The third-order valence-corrected chi connectivity index (χ3v) is 5.99. The first-order chi connectivity index (χ1) is 11.4. The van der Waals surface area contributed by atoms with Gasteiger partial charge >= 0.3 is 0 Å². The van der Waals surface area contributed by atoms with Crippen molar-refractivity contribution in [1.29, 1.82) is 0 Å². The van der Waals surface area contributed by atoms with Crippen LogP contribution in [0.4, 0.5) is 0 Å². The second kappa shape index (κ2) is 6.93. The molecule has 0 amide bonds. The van der Waals surface area contributed by atoms with E-state index in [4.69, 9.17) is 11.6 Å². The molecule has 126 valence electrons. The minimum absolute atomic E-state index is 0.0407. The molecule has 0 atom stereocenters. The van der Waals surface area contributed by atoms with Gasteiger partial charge in [0.25, 0.3) is 0 Å². The molecule has 3 rings (SSSR count). The molecule has 0 spiro atoms. The molecule has 0 aliphatic carbocycles. The van der Waals surface area contributed by atoms with Crippen LogP contribution in [0.1, 0.15) is 17.5 Å². The summed E-state index contributed by atoms with van der Waals surface area (Å²) in [6.07, 6.45) is 5.50. The molecule has 5 nitrogen and oxygen atoms in total. The fourth-order valence-corrected chi connectivity index (χ4v) is 4.24. The minimum Gasteiger partial charge on any atom is -0.506 e. The second-order valence-electron chi connectivity index (χ2n) is 5.65. The Balaban J connectivity index is 1.71. The summed E-state index contributed by atoms with van der Waals surface area (Å²) in [5.74, 6) is 0.0623. The summed E-state index contributed by atoms with van der Waals surface area (Å²) in [5, 5.41) is 10.1. The number of hydrogen-bond acceptors (Lipinski definition) is 4. The highest BCUT2D eigenvalue weighted by atomic mass is 35.5. The number of nitrogens with zero attached hydrogens (tertiary/aromatic N) is 2. The Hall–Kier alpha value is -1.89. The first-order valence-corrected chi connectivity index (χ1v) is 9.48. The molecule has 0 saturated carbocycles. The van der Waals surface area contributed by atoms with Crippen molar-refractivity contribution in [2.24, 2.45) is 0 Å². The number of rotatable bonds is 4. The third-order valence-electron chi connectivity index (χ3n) is 3.92. The highest BCUT2D eigenvalue weighted by molar-refractivity contribution is 7.88. The van der Waals surface area contributed by atoms with Gasteiger partial charge in [-0.1, -0.05) is 29.8 Å². The molecule has 0 unspecified atom stereocenters. The predicted octanol–water partition coefficient (Wildman–Crippen LogP) is 3.06. The molecule has 1 aliphatic heterocycles. The number of halogens is 1.